The maximum Gasteiger partial charge on any atom is 0.249 e. The number of aromatic nitrogens is 4. The van der Waals surface area contributed by atoms with Crippen LogP contribution in [0.2, 0.25) is 5.02 Å². The zero-order valence-corrected chi connectivity index (χ0v) is 18.6. The molecule has 0 amide bonds. The number of sulfonamides is 1. The SMILES string of the molecule is CCn1c([C@@H](Cc2ccccn2)NS(=O)(=O)c2ccc(Cl)cc2)nnc1S(C)(=O)=O. The number of rotatable bonds is 8. The first-order chi connectivity index (χ1) is 14.1. The molecule has 1 N–H and O–H groups in total. The minimum Gasteiger partial charge on any atom is -0.301 e. The first-order valence-corrected chi connectivity index (χ1v) is 12.7. The van der Waals surface area contributed by atoms with Crippen LogP contribution in [0.15, 0.2) is 58.7 Å². The average molecular weight is 470 g/mol. The lowest BCUT2D eigenvalue weighted by Gasteiger charge is -2.19. The van der Waals surface area contributed by atoms with Gasteiger partial charge in [0.05, 0.1) is 10.9 Å². The van der Waals surface area contributed by atoms with Crippen LogP contribution >= 0.6 is 11.6 Å². The monoisotopic (exact) mass is 469 g/mol. The van der Waals surface area contributed by atoms with Gasteiger partial charge in [-0.05, 0) is 43.3 Å². The number of halogens is 1. The van der Waals surface area contributed by atoms with E-state index < -0.39 is 25.9 Å². The minimum atomic E-state index is -3.96. The first kappa shape index (κ1) is 22.3. The molecule has 0 spiro atoms. The second kappa shape index (κ2) is 8.80. The molecule has 2 aromatic heterocycles. The number of hydrogen-bond acceptors (Lipinski definition) is 7. The largest absolute Gasteiger partial charge is 0.301 e. The van der Waals surface area contributed by atoms with Gasteiger partial charge >= 0.3 is 0 Å². The molecule has 0 aliphatic carbocycles. The van der Waals surface area contributed by atoms with E-state index in [1.807, 2.05) is 0 Å². The fourth-order valence-corrected chi connectivity index (χ4v) is 5.04. The van der Waals surface area contributed by atoms with Crippen molar-refractivity contribution in [3.8, 4) is 0 Å². The van der Waals surface area contributed by atoms with Crippen LogP contribution in [0, 0.1) is 0 Å². The summed E-state index contributed by atoms with van der Waals surface area (Å²) in [5.74, 6) is 0.182. The van der Waals surface area contributed by atoms with Crippen molar-refractivity contribution in [1.29, 1.82) is 0 Å². The van der Waals surface area contributed by atoms with Gasteiger partial charge in [0, 0.05) is 36.1 Å². The fourth-order valence-electron chi connectivity index (χ4n) is 2.91. The fraction of sp³-hybridized carbons (Fsp3) is 0.278. The highest BCUT2D eigenvalue weighted by atomic mass is 35.5. The number of hydrogen-bond donors (Lipinski definition) is 1. The highest BCUT2D eigenvalue weighted by molar-refractivity contribution is 7.90. The van der Waals surface area contributed by atoms with Crippen LogP contribution in [0.4, 0.5) is 0 Å². The molecular weight excluding hydrogens is 450 g/mol. The van der Waals surface area contributed by atoms with Gasteiger partial charge in [-0.1, -0.05) is 17.7 Å². The molecule has 1 atom stereocenters. The lowest BCUT2D eigenvalue weighted by atomic mass is 10.1. The van der Waals surface area contributed by atoms with Gasteiger partial charge in [-0.25, -0.2) is 21.6 Å². The summed E-state index contributed by atoms with van der Waals surface area (Å²) in [6.07, 6.45) is 2.76. The van der Waals surface area contributed by atoms with Gasteiger partial charge in [-0.15, -0.1) is 10.2 Å². The molecule has 0 saturated carbocycles. The van der Waals surface area contributed by atoms with Crippen molar-refractivity contribution >= 4 is 31.5 Å². The Morgan fingerprint density at radius 1 is 1.07 bits per heavy atom. The maximum atomic E-state index is 13.0. The van der Waals surface area contributed by atoms with Crippen molar-refractivity contribution < 1.29 is 16.8 Å². The topological polar surface area (TPSA) is 124 Å². The molecule has 0 fully saturated rings. The molecule has 30 heavy (non-hydrogen) atoms. The number of nitrogens with one attached hydrogen (secondary N) is 1. The molecule has 9 nitrogen and oxygen atoms in total. The number of sulfone groups is 1. The standard InChI is InChI=1S/C18H20ClN5O4S2/c1-3-24-17(21-22-18(24)29(2,25)26)16(12-14-6-4-5-11-20-14)23-30(27,28)15-9-7-13(19)8-10-15/h4-11,16,23H,3,12H2,1-2H3/t16-/m1/s1. The number of nitrogens with zero attached hydrogens (tertiary/aromatic N) is 4. The summed E-state index contributed by atoms with van der Waals surface area (Å²) in [5.41, 5.74) is 0.605. The lowest BCUT2D eigenvalue weighted by molar-refractivity contribution is 0.510. The van der Waals surface area contributed by atoms with Gasteiger partial charge in [0.25, 0.3) is 0 Å². The van der Waals surface area contributed by atoms with Gasteiger partial charge in [-0.2, -0.15) is 0 Å². The summed E-state index contributed by atoms with van der Waals surface area (Å²) in [6.45, 7) is 1.97. The van der Waals surface area contributed by atoms with E-state index in [0.717, 1.165) is 6.26 Å². The molecule has 0 aliphatic heterocycles. The third-order valence-corrected chi connectivity index (χ3v) is 6.97. The van der Waals surface area contributed by atoms with Crippen molar-refractivity contribution in [2.45, 2.75) is 36.0 Å². The first-order valence-electron chi connectivity index (χ1n) is 8.93. The summed E-state index contributed by atoms with van der Waals surface area (Å²) >= 11 is 5.85. The third-order valence-electron chi connectivity index (χ3n) is 4.27. The normalized spacial score (nSPS) is 13.3. The molecule has 1 aromatic carbocycles. The van der Waals surface area contributed by atoms with Crippen molar-refractivity contribution in [3.05, 3.63) is 65.2 Å². The Hall–Kier alpha value is -2.34. The third kappa shape index (κ3) is 5.04. The summed E-state index contributed by atoms with van der Waals surface area (Å²) < 4.78 is 54.0. The van der Waals surface area contributed by atoms with Crippen molar-refractivity contribution in [2.75, 3.05) is 6.26 Å². The second-order valence-corrected chi connectivity index (χ2v) is 10.6. The van der Waals surface area contributed by atoms with Crippen LogP contribution in [0.1, 0.15) is 24.5 Å². The molecule has 0 radical (unpaired) electrons. The quantitative estimate of drug-likeness (QED) is 0.535. The second-order valence-electron chi connectivity index (χ2n) is 6.51. The van der Waals surface area contributed by atoms with E-state index in [1.165, 1.54) is 28.8 Å². The van der Waals surface area contributed by atoms with Crippen LogP contribution in [0.25, 0.3) is 0 Å². The highest BCUT2D eigenvalue weighted by Gasteiger charge is 2.29. The molecular formula is C18H20ClN5O4S2. The zero-order chi connectivity index (χ0) is 21.9. The molecule has 0 unspecified atom stereocenters. The molecule has 3 aromatic rings. The Labute approximate surface area is 180 Å². The van der Waals surface area contributed by atoms with Gasteiger partial charge in [-0.3, -0.25) is 4.98 Å². The van der Waals surface area contributed by atoms with Crippen molar-refractivity contribution in [3.63, 3.8) is 0 Å². The summed E-state index contributed by atoms with van der Waals surface area (Å²) in [5, 5.41) is 7.97. The van der Waals surface area contributed by atoms with Crippen LogP contribution in [-0.4, -0.2) is 42.8 Å². The van der Waals surface area contributed by atoms with E-state index in [2.05, 4.69) is 19.9 Å². The van der Waals surface area contributed by atoms with E-state index in [-0.39, 0.29) is 28.8 Å². The average Bonchev–Trinajstić information content (AvgIpc) is 3.13. The highest BCUT2D eigenvalue weighted by Crippen LogP contribution is 2.23. The van der Waals surface area contributed by atoms with Crippen LogP contribution in [-0.2, 0) is 32.8 Å². The molecule has 0 saturated heterocycles. The molecule has 0 aliphatic rings. The van der Waals surface area contributed by atoms with E-state index in [4.69, 9.17) is 11.6 Å². The molecule has 160 valence electrons. The van der Waals surface area contributed by atoms with Crippen LogP contribution in [0.3, 0.4) is 0 Å². The summed E-state index contributed by atoms with van der Waals surface area (Å²) in [7, 11) is -7.61. The van der Waals surface area contributed by atoms with E-state index >= 15 is 0 Å². The molecule has 2 heterocycles. The summed E-state index contributed by atoms with van der Waals surface area (Å²) in [6, 6.07) is 10.1. The number of pyridine rings is 1. The Bertz CT molecular complexity index is 1230. The Balaban J connectivity index is 2.06. The maximum absolute atomic E-state index is 13.0. The van der Waals surface area contributed by atoms with Crippen molar-refractivity contribution in [1.82, 2.24) is 24.5 Å². The van der Waals surface area contributed by atoms with Crippen LogP contribution < -0.4 is 4.72 Å². The Morgan fingerprint density at radius 3 is 2.33 bits per heavy atom. The molecule has 3 rings (SSSR count). The Morgan fingerprint density at radius 2 is 1.77 bits per heavy atom. The molecule has 12 heteroatoms. The predicted octanol–water partition coefficient (Wildman–Crippen LogP) is 2.01. The lowest BCUT2D eigenvalue weighted by Crippen LogP contribution is -2.32. The van der Waals surface area contributed by atoms with Gasteiger partial charge in [0.1, 0.15) is 0 Å². The molecule has 0 bridgehead atoms. The van der Waals surface area contributed by atoms with Crippen LogP contribution in [0.5, 0.6) is 0 Å². The van der Waals surface area contributed by atoms with Crippen molar-refractivity contribution in [2.24, 2.45) is 0 Å². The Kier molecular flexibility index (Phi) is 6.56. The van der Waals surface area contributed by atoms with E-state index in [9.17, 15) is 16.8 Å². The smallest absolute Gasteiger partial charge is 0.249 e. The minimum absolute atomic E-state index is 0.0174. The number of benzene rings is 1. The summed E-state index contributed by atoms with van der Waals surface area (Å²) in [4.78, 5) is 4.26. The van der Waals surface area contributed by atoms with Gasteiger partial charge in [0.2, 0.25) is 25.0 Å². The van der Waals surface area contributed by atoms with E-state index in [1.54, 1.807) is 31.3 Å². The van der Waals surface area contributed by atoms with Gasteiger partial charge < -0.3 is 4.57 Å². The van der Waals surface area contributed by atoms with E-state index in [0.29, 0.717) is 10.7 Å². The van der Waals surface area contributed by atoms with Gasteiger partial charge in [0.15, 0.2) is 5.82 Å². The zero-order valence-electron chi connectivity index (χ0n) is 16.2. The predicted molar refractivity (Wildman–Crippen MR) is 111 cm³/mol.